The maximum Gasteiger partial charge on any atom is 0.261 e. The summed E-state index contributed by atoms with van der Waals surface area (Å²) < 4.78 is 53.4. The van der Waals surface area contributed by atoms with Gasteiger partial charge in [-0.15, -0.1) is 0 Å². The molecule has 20 heavy (non-hydrogen) atoms. The Bertz CT molecular complexity index is 683. The molecule has 6 nitrogen and oxygen atoms in total. The maximum absolute atomic E-state index is 11.7. The highest BCUT2D eigenvalue weighted by molar-refractivity contribution is 8.13. The van der Waals surface area contributed by atoms with E-state index in [0.717, 1.165) is 0 Å². The minimum absolute atomic E-state index is 0.0794. The van der Waals surface area contributed by atoms with Gasteiger partial charge in [0.15, 0.2) is 0 Å². The Hall–Kier alpha value is -0.830. The average molecular weight is 342 g/mol. The summed E-state index contributed by atoms with van der Waals surface area (Å²) in [7, 11) is -0.672. The van der Waals surface area contributed by atoms with Crippen molar-refractivity contribution in [1.29, 1.82) is 0 Å². The van der Waals surface area contributed by atoms with Crippen molar-refractivity contribution in [3.05, 3.63) is 23.8 Å². The monoisotopic (exact) mass is 341 g/mol. The average Bonchev–Trinajstić information content (AvgIpc) is 2.34. The van der Waals surface area contributed by atoms with Gasteiger partial charge in [-0.25, -0.2) is 21.6 Å². The van der Waals surface area contributed by atoms with E-state index in [4.69, 9.17) is 15.4 Å². The van der Waals surface area contributed by atoms with Gasteiger partial charge in [0, 0.05) is 22.8 Å². The number of sulfonamides is 1. The van der Waals surface area contributed by atoms with E-state index in [1.54, 1.807) is 13.8 Å². The molecule has 0 spiro atoms. The Morgan fingerprint density at radius 2 is 1.85 bits per heavy atom. The molecule has 0 saturated heterocycles. The summed E-state index contributed by atoms with van der Waals surface area (Å²) in [5.74, 6) is 0.375. The molecule has 0 saturated carbocycles. The van der Waals surface area contributed by atoms with Crippen molar-refractivity contribution in [3.8, 4) is 5.75 Å². The first kappa shape index (κ1) is 17.2. The van der Waals surface area contributed by atoms with Crippen LogP contribution in [0.5, 0.6) is 5.75 Å². The lowest BCUT2D eigenvalue weighted by molar-refractivity contribution is 0.408. The van der Waals surface area contributed by atoms with Crippen molar-refractivity contribution in [2.24, 2.45) is 0 Å². The third-order valence-corrected chi connectivity index (χ3v) is 5.76. The molecule has 0 unspecified atom stereocenters. The highest BCUT2D eigenvalue weighted by Gasteiger charge is 2.18. The molecular formula is C11H16ClNO5S2. The zero-order chi connectivity index (χ0) is 15.6. The third kappa shape index (κ3) is 4.34. The van der Waals surface area contributed by atoms with Crippen LogP contribution in [-0.2, 0) is 25.6 Å². The first-order valence-electron chi connectivity index (χ1n) is 5.68. The quantitative estimate of drug-likeness (QED) is 0.791. The molecule has 114 valence electrons. The Morgan fingerprint density at radius 3 is 2.30 bits per heavy atom. The van der Waals surface area contributed by atoms with E-state index < -0.39 is 24.3 Å². The van der Waals surface area contributed by atoms with Gasteiger partial charge >= 0.3 is 0 Å². The zero-order valence-electron chi connectivity index (χ0n) is 11.3. The topological polar surface area (TPSA) is 89.5 Å². The molecule has 0 radical (unpaired) electrons. The fraction of sp³-hybridized carbons (Fsp3) is 0.455. The van der Waals surface area contributed by atoms with Crippen LogP contribution in [0, 0.1) is 0 Å². The van der Waals surface area contributed by atoms with Gasteiger partial charge in [-0.1, -0.05) is 0 Å². The third-order valence-electron chi connectivity index (χ3n) is 2.62. The Morgan fingerprint density at radius 1 is 1.25 bits per heavy atom. The van der Waals surface area contributed by atoms with Crippen LogP contribution in [-0.4, -0.2) is 29.2 Å². The number of hydrogen-bond donors (Lipinski definition) is 1. The van der Waals surface area contributed by atoms with Crippen molar-refractivity contribution in [3.63, 3.8) is 0 Å². The number of rotatable bonds is 6. The molecular weight excluding hydrogens is 326 g/mol. The number of nitrogens with one attached hydrogen (secondary N) is 1. The minimum Gasteiger partial charge on any atom is -0.496 e. The highest BCUT2D eigenvalue weighted by atomic mass is 35.7. The predicted octanol–water partition coefficient (Wildman–Crippen LogP) is 1.45. The second-order valence-corrected chi connectivity index (χ2v) is 9.21. The van der Waals surface area contributed by atoms with Gasteiger partial charge < -0.3 is 4.74 Å². The van der Waals surface area contributed by atoms with Crippen LogP contribution in [0.2, 0.25) is 0 Å². The fourth-order valence-electron chi connectivity index (χ4n) is 1.39. The molecule has 0 heterocycles. The molecule has 0 amide bonds. The highest BCUT2D eigenvalue weighted by Crippen LogP contribution is 2.24. The second-order valence-electron chi connectivity index (χ2n) is 4.33. The standard InChI is InChI=1S/C11H16ClNO5S2/c1-8(2)20(16,17)13-7-9-6-10(19(12,14)15)4-5-11(9)18-3/h4-6,8,13H,7H2,1-3H3. The number of benzene rings is 1. The summed E-state index contributed by atoms with van der Waals surface area (Å²) >= 11 is 0. The normalized spacial score (nSPS) is 12.7. The molecule has 0 aromatic heterocycles. The molecule has 0 fully saturated rings. The SMILES string of the molecule is COc1ccc(S(=O)(=O)Cl)cc1CNS(=O)(=O)C(C)C. The van der Waals surface area contributed by atoms with Crippen LogP contribution in [0.1, 0.15) is 19.4 Å². The van der Waals surface area contributed by atoms with Crippen LogP contribution in [0.25, 0.3) is 0 Å². The van der Waals surface area contributed by atoms with Gasteiger partial charge in [-0.2, -0.15) is 0 Å². The number of halogens is 1. The van der Waals surface area contributed by atoms with E-state index in [9.17, 15) is 16.8 Å². The van der Waals surface area contributed by atoms with Crippen LogP contribution in [0.4, 0.5) is 0 Å². The molecule has 0 aliphatic rings. The zero-order valence-corrected chi connectivity index (χ0v) is 13.6. The summed E-state index contributed by atoms with van der Waals surface area (Å²) in [6.45, 7) is 3.00. The molecule has 0 aliphatic heterocycles. The maximum atomic E-state index is 11.7. The van der Waals surface area contributed by atoms with Crippen molar-refractivity contribution in [1.82, 2.24) is 4.72 Å². The Labute approximate surface area is 123 Å². The van der Waals surface area contributed by atoms with Crippen molar-refractivity contribution in [2.45, 2.75) is 30.5 Å². The summed E-state index contributed by atoms with van der Waals surface area (Å²) in [6, 6.07) is 4.00. The van der Waals surface area contributed by atoms with Crippen molar-refractivity contribution >= 4 is 29.8 Å². The lowest BCUT2D eigenvalue weighted by Crippen LogP contribution is -2.30. The lowest BCUT2D eigenvalue weighted by Gasteiger charge is -2.12. The van der Waals surface area contributed by atoms with E-state index >= 15 is 0 Å². The summed E-state index contributed by atoms with van der Waals surface area (Å²) in [4.78, 5) is -0.112. The van der Waals surface area contributed by atoms with Crippen LogP contribution in [0.3, 0.4) is 0 Å². The van der Waals surface area contributed by atoms with E-state index in [2.05, 4.69) is 4.72 Å². The smallest absolute Gasteiger partial charge is 0.261 e. The molecule has 1 aromatic rings. The van der Waals surface area contributed by atoms with Crippen LogP contribution in [0.15, 0.2) is 23.1 Å². The Balaban J connectivity index is 3.11. The second kappa shape index (κ2) is 6.30. The van der Waals surface area contributed by atoms with Crippen molar-refractivity contribution < 1.29 is 21.6 Å². The van der Waals surface area contributed by atoms with E-state index in [0.29, 0.717) is 11.3 Å². The van der Waals surface area contributed by atoms with Crippen LogP contribution >= 0.6 is 10.7 Å². The number of hydrogen-bond acceptors (Lipinski definition) is 5. The molecule has 1 aromatic carbocycles. The molecule has 1 N–H and O–H groups in total. The van der Waals surface area contributed by atoms with E-state index in [-0.39, 0.29) is 11.4 Å². The van der Waals surface area contributed by atoms with Gasteiger partial charge in [0.1, 0.15) is 5.75 Å². The fourth-order valence-corrected chi connectivity index (χ4v) is 2.88. The molecule has 9 heteroatoms. The molecule has 0 bridgehead atoms. The van der Waals surface area contributed by atoms with Gasteiger partial charge in [0.05, 0.1) is 17.3 Å². The summed E-state index contributed by atoms with van der Waals surface area (Å²) in [5, 5.41) is -0.589. The number of ether oxygens (including phenoxy) is 1. The van der Waals surface area contributed by atoms with Gasteiger partial charge in [-0.3, -0.25) is 0 Å². The van der Waals surface area contributed by atoms with Crippen molar-refractivity contribution in [2.75, 3.05) is 7.11 Å². The van der Waals surface area contributed by atoms with Crippen LogP contribution < -0.4 is 9.46 Å². The van der Waals surface area contributed by atoms with Gasteiger partial charge in [0.25, 0.3) is 9.05 Å². The summed E-state index contributed by atoms with van der Waals surface area (Å²) in [5.41, 5.74) is 0.387. The first-order valence-corrected chi connectivity index (χ1v) is 9.53. The molecule has 0 aliphatic carbocycles. The lowest BCUT2D eigenvalue weighted by atomic mass is 10.2. The van der Waals surface area contributed by atoms with E-state index in [1.807, 2.05) is 0 Å². The largest absolute Gasteiger partial charge is 0.496 e. The molecule has 1 rings (SSSR count). The summed E-state index contributed by atoms with van der Waals surface area (Å²) in [6.07, 6.45) is 0. The van der Waals surface area contributed by atoms with Gasteiger partial charge in [-0.05, 0) is 32.0 Å². The predicted molar refractivity (Wildman–Crippen MR) is 76.9 cm³/mol. The Kier molecular flexibility index (Phi) is 5.42. The van der Waals surface area contributed by atoms with Gasteiger partial charge in [0.2, 0.25) is 10.0 Å². The minimum atomic E-state index is -3.88. The molecule has 0 atom stereocenters. The van der Waals surface area contributed by atoms with E-state index in [1.165, 1.54) is 25.3 Å². The first-order chi connectivity index (χ1) is 9.08. The number of methoxy groups -OCH3 is 1.